The van der Waals surface area contributed by atoms with E-state index in [0.717, 1.165) is 4.90 Å². The van der Waals surface area contributed by atoms with Gasteiger partial charge in [-0.05, 0) is 25.1 Å². The fraction of sp³-hybridized carbons (Fsp3) is 0.222. The van der Waals surface area contributed by atoms with Crippen LogP contribution in [0.15, 0.2) is 29.2 Å². The summed E-state index contributed by atoms with van der Waals surface area (Å²) in [6.07, 6.45) is 0. The van der Waals surface area contributed by atoms with Gasteiger partial charge in [0, 0.05) is 26.1 Å². The molecule has 0 atom stereocenters. The number of halogens is 1. The topological polar surface area (TPSA) is 26.3 Å². The lowest BCUT2D eigenvalue weighted by atomic mass is 10.2. The van der Waals surface area contributed by atoms with Crippen molar-refractivity contribution in [3.63, 3.8) is 0 Å². The van der Waals surface area contributed by atoms with E-state index in [1.54, 1.807) is 21.9 Å². The van der Waals surface area contributed by atoms with Crippen molar-refractivity contribution >= 4 is 36.1 Å². The third kappa shape index (κ3) is 3.19. The Morgan fingerprint density at radius 3 is 3.00 bits per heavy atom. The molecule has 0 aliphatic rings. The summed E-state index contributed by atoms with van der Waals surface area (Å²) in [7, 11) is 1.58. The molecule has 0 saturated carbocycles. The van der Waals surface area contributed by atoms with Crippen LogP contribution < -0.4 is 0 Å². The number of hydrogen-bond acceptors (Lipinski definition) is 3. The summed E-state index contributed by atoms with van der Waals surface area (Å²) in [5.74, 6) is -0.255. The molecule has 0 unspecified atom stereocenters. The van der Waals surface area contributed by atoms with Crippen molar-refractivity contribution in [3.8, 4) is 0 Å². The molecule has 0 aliphatic carbocycles. The van der Waals surface area contributed by atoms with Crippen molar-refractivity contribution in [1.29, 1.82) is 0 Å². The van der Waals surface area contributed by atoms with E-state index in [1.165, 1.54) is 0 Å². The van der Waals surface area contributed by atoms with Crippen LogP contribution in [0.1, 0.15) is 17.3 Å². The molecule has 1 aromatic rings. The molecular formula is C9H9IO2S. The molecule has 70 valence electrons. The average Bonchev–Trinajstić information content (AvgIpc) is 2.18. The number of esters is 1. The predicted molar refractivity (Wildman–Crippen MR) is 62.3 cm³/mol. The van der Waals surface area contributed by atoms with Crippen LogP contribution in [0.25, 0.3) is 0 Å². The average molecular weight is 308 g/mol. The van der Waals surface area contributed by atoms with Gasteiger partial charge in [-0.3, -0.25) is 0 Å². The van der Waals surface area contributed by atoms with Gasteiger partial charge in [0.2, 0.25) is 0 Å². The van der Waals surface area contributed by atoms with E-state index in [0.29, 0.717) is 12.2 Å². The van der Waals surface area contributed by atoms with Gasteiger partial charge >= 0.3 is 5.97 Å². The highest BCUT2D eigenvalue weighted by atomic mass is 127. The number of ether oxygens (including phenoxy) is 1. The third-order valence-corrected chi connectivity index (χ3v) is 3.39. The molecule has 0 aliphatic heterocycles. The molecule has 0 heterocycles. The summed E-state index contributed by atoms with van der Waals surface area (Å²) in [6.45, 7) is 2.22. The molecule has 0 N–H and O–H groups in total. The van der Waals surface area contributed by atoms with Crippen LogP contribution in [-0.4, -0.2) is 12.6 Å². The first kappa shape index (κ1) is 10.8. The van der Waals surface area contributed by atoms with Gasteiger partial charge in [0.05, 0.1) is 12.2 Å². The summed E-state index contributed by atoms with van der Waals surface area (Å²) in [5.41, 5.74) is 0.614. The number of carbonyl (C=O) groups is 1. The Hall–Kier alpha value is -0.230. The normalized spacial score (nSPS) is 9.69. The van der Waals surface area contributed by atoms with Crippen molar-refractivity contribution in [2.75, 3.05) is 6.61 Å². The predicted octanol–water partition coefficient (Wildman–Crippen LogP) is 3.31. The Bertz CT molecular complexity index is 301. The molecule has 0 spiro atoms. The zero-order valence-electron chi connectivity index (χ0n) is 7.12. The van der Waals surface area contributed by atoms with Gasteiger partial charge in [-0.2, -0.15) is 0 Å². The van der Waals surface area contributed by atoms with E-state index >= 15 is 0 Å². The van der Waals surface area contributed by atoms with Crippen LogP contribution in [-0.2, 0) is 4.74 Å². The largest absolute Gasteiger partial charge is 0.462 e. The lowest BCUT2D eigenvalue weighted by molar-refractivity contribution is 0.0526. The van der Waals surface area contributed by atoms with E-state index in [2.05, 4.69) is 21.2 Å². The molecule has 0 saturated heterocycles. The Balaban J connectivity index is 2.82. The van der Waals surface area contributed by atoms with Crippen LogP contribution in [0.4, 0.5) is 0 Å². The fourth-order valence-corrected chi connectivity index (χ4v) is 2.01. The Labute approximate surface area is 93.6 Å². The zero-order chi connectivity index (χ0) is 9.68. The minimum atomic E-state index is -0.255. The molecule has 0 radical (unpaired) electrons. The highest BCUT2D eigenvalue weighted by molar-refractivity contribution is 14.2. The standard InChI is InChI=1S/C9H9IO2S/c1-2-12-9(11)7-4-3-5-8(6-7)13-10/h3-6H,2H2,1H3. The first-order chi connectivity index (χ1) is 6.27. The van der Waals surface area contributed by atoms with Gasteiger partial charge in [0.15, 0.2) is 0 Å². The van der Waals surface area contributed by atoms with Gasteiger partial charge in [0.25, 0.3) is 0 Å². The van der Waals surface area contributed by atoms with E-state index in [9.17, 15) is 4.79 Å². The number of hydrogen-bond donors (Lipinski definition) is 0. The lowest BCUT2D eigenvalue weighted by Gasteiger charge is -2.02. The smallest absolute Gasteiger partial charge is 0.338 e. The summed E-state index contributed by atoms with van der Waals surface area (Å²) in [5, 5.41) is 0. The summed E-state index contributed by atoms with van der Waals surface area (Å²) >= 11 is 2.18. The highest BCUT2D eigenvalue weighted by Gasteiger charge is 2.05. The van der Waals surface area contributed by atoms with Gasteiger partial charge in [-0.1, -0.05) is 15.0 Å². The first-order valence-corrected chi connectivity index (χ1v) is 7.19. The minimum Gasteiger partial charge on any atom is -0.462 e. The summed E-state index contributed by atoms with van der Waals surface area (Å²) < 4.78 is 4.88. The van der Waals surface area contributed by atoms with Crippen LogP contribution >= 0.6 is 30.1 Å². The number of rotatable bonds is 3. The maximum atomic E-state index is 11.3. The maximum absolute atomic E-state index is 11.3. The van der Waals surface area contributed by atoms with Crippen LogP contribution in [0.3, 0.4) is 0 Å². The van der Waals surface area contributed by atoms with Gasteiger partial charge in [-0.15, -0.1) is 0 Å². The van der Waals surface area contributed by atoms with Crippen molar-refractivity contribution in [2.24, 2.45) is 0 Å². The first-order valence-electron chi connectivity index (χ1n) is 3.83. The molecule has 13 heavy (non-hydrogen) atoms. The molecule has 0 fully saturated rings. The van der Waals surface area contributed by atoms with E-state index in [-0.39, 0.29) is 5.97 Å². The Morgan fingerprint density at radius 2 is 2.38 bits per heavy atom. The zero-order valence-corrected chi connectivity index (χ0v) is 10.1. The van der Waals surface area contributed by atoms with E-state index in [1.807, 2.05) is 18.2 Å². The van der Waals surface area contributed by atoms with E-state index < -0.39 is 0 Å². The molecule has 4 heteroatoms. The third-order valence-electron chi connectivity index (χ3n) is 1.43. The number of benzene rings is 1. The molecule has 0 amide bonds. The quantitative estimate of drug-likeness (QED) is 0.633. The molecule has 1 aromatic carbocycles. The lowest BCUT2D eigenvalue weighted by Crippen LogP contribution is -2.04. The fourth-order valence-electron chi connectivity index (χ4n) is 0.885. The summed E-state index contributed by atoms with van der Waals surface area (Å²) in [6, 6.07) is 7.40. The van der Waals surface area contributed by atoms with Crippen molar-refractivity contribution in [1.82, 2.24) is 0 Å². The molecular weight excluding hydrogens is 299 g/mol. The van der Waals surface area contributed by atoms with Crippen molar-refractivity contribution in [2.45, 2.75) is 11.8 Å². The van der Waals surface area contributed by atoms with Crippen molar-refractivity contribution < 1.29 is 9.53 Å². The maximum Gasteiger partial charge on any atom is 0.338 e. The molecule has 0 bridgehead atoms. The van der Waals surface area contributed by atoms with Gasteiger partial charge in [0.1, 0.15) is 0 Å². The highest BCUT2D eigenvalue weighted by Crippen LogP contribution is 2.25. The molecule has 2 nitrogen and oxygen atoms in total. The second-order valence-electron chi connectivity index (χ2n) is 2.33. The summed E-state index contributed by atoms with van der Waals surface area (Å²) in [4.78, 5) is 12.3. The van der Waals surface area contributed by atoms with Gasteiger partial charge < -0.3 is 4.74 Å². The van der Waals surface area contributed by atoms with Gasteiger partial charge in [-0.25, -0.2) is 4.79 Å². The molecule has 1 rings (SSSR count). The second kappa shape index (κ2) is 5.49. The van der Waals surface area contributed by atoms with Crippen LogP contribution in [0.5, 0.6) is 0 Å². The number of carbonyl (C=O) groups excluding carboxylic acids is 1. The Kier molecular flexibility index (Phi) is 4.58. The second-order valence-corrected chi connectivity index (χ2v) is 4.27. The monoisotopic (exact) mass is 308 g/mol. The van der Waals surface area contributed by atoms with Crippen LogP contribution in [0.2, 0.25) is 0 Å². The molecule has 0 aromatic heterocycles. The van der Waals surface area contributed by atoms with Crippen molar-refractivity contribution in [3.05, 3.63) is 29.8 Å². The Morgan fingerprint density at radius 1 is 1.62 bits per heavy atom. The minimum absolute atomic E-state index is 0.255. The van der Waals surface area contributed by atoms with E-state index in [4.69, 9.17) is 4.74 Å². The van der Waals surface area contributed by atoms with Crippen LogP contribution in [0, 0.1) is 0 Å². The SMILES string of the molecule is CCOC(=O)c1cccc(SI)c1.